The third-order valence-corrected chi connectivity index (χ3v) is 3.75. The molecule has 0 unspecified atom stereocenters. The Bertz CT molecular complexity index is 563. The first-order valence-corrected chi connectivity index (χ1v) is 6.96. The van der Waals surface area contributed by atoms with Crippen LogP contribution in [-0.4, -0.2) is 28.6 Å². The number of hydrogen-bond donors (Lipinski definition) is 1. The highest BCUT2D eigenvalue weighted by Gasteiger charge is 2.37. The van der Waals surface area contributed by atoms with Crippen molar-refractivity contribution in [2.75, 3.05) is 6.54 Å². The van der Waals surface area contributed by atoms with E-state index in [1.165, 1.54) is 12.1 Å². The van der Waals surface area contributed by atoms with Crippen molar-refractivity contribution < 1.29 is 14.3 Å². The molecule has 0 saturated carbocycles. The van der Waals surface area contributed by atoms with Gasteiger partial charge < -0.3 is 10.0 Å². The lowest BCUT2D eigenvalue weighted by molar-refractivity contribution is -0.133. The number of halogens is 1. The summed E-state index contributed by atoms with van der Waals surface area (Å²) in [6.45, 7) is 3.68. The Morgan fingerprint density at radius 3 is 2.67 bits per heavy atom. The number of β-amino-alcohol motifs (C(OH)–C–C–N with tert-alkyl or cyclic N) is 1. The van der Waals surface area contributed by atoms with E-state index in [2.05, 4.69) is 6.07 Å². The number of hydrogen-bond acceptors (Lipinski definition) is 3. The summed E-state index contributed by atoms with van der Waals surface area (Å²) in [5.41, 5.74) is 0.0638. The molecule has 21 heavy (non-hydrogen) atoms. The molecule has 0 spiro atoms. The van der Waals surface area contributed by atoms with E-state index in [9.17, 15) is 14.3 Å². The Hall–Kier alpha value is -1.93. The highest BCUT2D eigenvalue weighted by Crippen LogP contribution is 2.34. The number of aliphatic hydroxyl groups is 1. The highest BCUT2D eigenvalue weighted by atomic mass is 19.1. The molecule has 4 nitrogen and oxygen atoms in total. The number of likely N-dealkylation sites (tertiary alicyclic amines) is 1. The molecule has 1 aromatic carbocycles. The standard InChI is InChI=1S/C16H19FN2O2/c1-16(2,10-18)8-15(21)19-9-13(20)7-14(19)11-3-5-12(17)6-4-11/h3-6,13-14,20H,7-9H2,1-2H3/t13-,14+/m0/s1. The predicted molar refractivity (Wildman–Crippen MR) is 75.5 cm³/mol. The highest BCUT2D eigenvalue weighted by molar-refractivity contribution is 5.78. The van der Waals surface area contributed by atoms with Crippen molar-refractivity contribution in [3.63, 3.8) is 0 Å². The third kappa shape index (κ3) is 3.59. The van der Waals surface area contributed by atoms with E-state index >= 15 is 0 Å². The van der Waals surface area contributed by atoms with E-state index in [0.717, 1.165) is 5.56 Å². The van der Waals surface area contributed by atoms with Crippen LogP contribution >= 0.6 is 0 Å². The Morgan fingerprint density at radius 2 is 2.10 bits per heavy atom. The SMILES string of the molecule is CC(C)(C#N)CC(=O)N1C[C@@H](O)C[C@@H]1c1ccc(F)cc1. The van der Waals surface area contributed by atoms with Crippen molar-refractivity contribution in [2.45, 2.75) is 38.8 Å². The second kappa shape index (κ2) is 5.82. The molecule has 1 N–H and O–H groups in total. The third-order valence-electron chi connectivity index (χ3n) is 3.75. The molecule has 5 heteroatoms. The van der Waals surface area contributed by atoms with Crippen LogP contribution in [0.3, 0.4) is 0 Å². The van der Waals surface area contributed by atoms with Crippen LogP contribution in [0.2, 0.25) is 0 Å². The minimum absolute atomic E-state index is 0.105. The van der Waals surface area contributed by atoms with Gasteiger partial charge in [0, 0.05) is 13.0 Å². The lowest BCUT2D eigenvalue weighted by Crippen LogP contribution is -2.34. The van der Waals surface area contributed by atoms with E-state index in [-0.39, 0.29) is 30.7 Å². The molecule has 1 aliphatic heterocycles. The van der Waals surface area contributed by atoms with Crippen LogP contribution in [0, 0.1) is 22.6 Å². The largest absolute Gasteiger partial charge is 0.391 e. The summed E-state index contributed by atoms with van der Waals surface area (Å²) < 4.78 is 13.0. The summed E-state index contributed by atoms with van der Waals surface area (Å²) >= 11 is 0. The molecule has 2 atom stereocenters. The first kappa shape index (κ1) is 15.5. The predicted octanol–water partition coefficient (Wildman–Crippen LogP) is 2.40. The number of benzene rings is 1. The quantitative estimate of drug-likeness (QED) is 0.929. The molecule has 1 amide bonds. The van der Waals surface area contributed by atoms with Crippen molar-refractivity contribution >= 4 is 5.91 Å². The summed E-state index contributed by atoms with van der Waals surface area (Å²) in [4.78, 5) is 14.0. The molecule has 112 valence electrons. The van der Waals surface area contributed by atoms with Gasteiger partial charge in [0.1, 0.15) is 5.82 Å². The molecular weight excluding hydrogens is 271 g/mol. The van der Waals surface area contributed by atoms with Gasteiger partial charge in [-0.15, -0.1) is 0 Å². The number of carbonyl (C=O) groups excluding carboxylic acids is 1. The minimum atomic E-state index is -0.738. The van der Waals surface area contributed by atoms with Gasteiger partial charge in [0.15, 0.2) is 0 Å². The Labute approximate surface area is 123 Å². The van der Waals surface area contributed by atoms with Crippen LogP contribution in [0.25, 0.3) is 0 Å². The summed E-state index contributed by atoms with van der Waals surface area (Å²) in [7, 11) is 0. The van der Waals surface area contributed by atoms with Crippen LogP contribution in [0.1, 0.15) is 38.3 Å². The van der Waals surface area contributed by atoms with Crippen LogP contribution in [0.4, 0.5) is 4.39 Å². The number of rotatable bonds is 3. The van der Waals surface area contributed by atoms with Gasteiger partial charge in [-0.3, -0.25) is 4.79 Å². The Balaban J connectivity index is 2.19. The second-order valence-electron chi connectivity index (χ2n) is 6.18. The van der Waals surface area contributed by atoms with E-state index < -0.39 is 11.5 Å². The van der Waals surface area contributed by atoms with Crippen molar-refractivity contribution in [2.24, 2.45) is 5.41 Å². The summed E-state index contributed by atoms with van der Waals surface area (Å²) in [5, 5.41) is 18.9. The molecule has 0 bridgehead atoms. The van der Waals surface area contributed by atoms with E-state index in [1.807, 2.05) is 0 Å². The maximum Gasteiger partial charge on any atom is 0.224 e. The van der Waals surface area contributed by atoms with Crippen LogP contribution in [0.15, 0.2) is 24.3 Å². The van der Waals surface area contributed by atoms with Gasteiger partial charge in [0.25, 0.3) is 0 Å². The van der Waals surface area contributed by atoms with Crippen molar-refractivity contribution in [3.8, 4) is 6.07 Å². The number of amides is 1. The molecule has 2 rings (SSSR count). The fraction of sp³-hybridized carbons (Fsp3) is 0.500. The average Bonchev–Trinajstić information content (AvgIpc) is 2.81. The monoisotopic (exact) mass is 290 g/mol. The zero-order valence-electron chi connectivity index (χ0n) is 12.2. The van der Waals surface area contributed by atoms with Gasteiger partial charge in [-0.05, 0) is 38.0 Å². The summed E-state index contributed by atoms with van der Waals surface area (Å²) in [6, 6.07) is 7.81. The van der Waals surface area contributed by atoms with Gasteiger partial charge in [-0.25, -0.2) is 4.39 Å². The van der Waals surface area contributed by atoms with E-state index in [1.54, 1.807) is 30.9 Å². The zero-order valence-corrected chi connectivity index (χ0v) is 12.2. The molecule has 1 aliphatic rings. The smallest absolute Gasteiger partial charge is 0.224 e. The zero-order chi connectivity index (χ0) is 15.6. The van der Waals surface area contributed by atoms with Gasteiger partial charge >= 0.3 is 0 Å². The van der Waals surface area contributed by atoms with Crippen molar-refractivity contribution in [3.05, 3.63) is 35.6 Å². The molecule has 0 aliphatic carbocycles. The Kier molecular flexibility index (Phi) is 4.29. The van der Waals surface area contributed by atoms with Gasteiger partial charge in [0.05, 0.1) is 23.6 Å². The maximum absolute atomic E-state index is 13.0. The molecule has 1 heterocycles. The van der Waals surface area contributed by atoms with Gasteiger partial charge in [0.2, 0.25) is 5.91 Å². The molecule has 0 aromatic heterocycles. The molecule has 0 radical (unpaired) electrons. The molecular formula is C16H19FN2O2. The van der Waals surface area contributed by atoms with Crippen molar-refractivity contribution in [1.82, 2.24) is 4.90 Å². The maximum atomic E-state index is 13.0. The average molecular weight is 290 g/mol. The number of aliphatic hydroxyl groups excluding tert-OH is 1. The van der Waals surface area contributed by atoms with Crippen LogP contribution in [-0.2, 0) is 4.79 Å². The van der Waals surface area contributed by atoms with Gasteiger partial charge in [-0.1, -0.05) is 12.1 Å². The normalized spacial score (nSPS) is 22.1. The summed E-state index contributed by atoms with van der Waals surface area (Å²) in [5.74, 6) is -0.492. The topological polar surface area (TPSA) is 64.3 Å². The van der Waals surface area contributed by atoms with Crippen molar-refractivity contribution in [1.29, 1.82) is 5.26 Å². The van der Waals surface area contributed by atoms with Gasteiger partial charge in [-0.2, -0.15) is 5.26 Å². The fourth-order valence-corrected chi connectivity index (χ4v) is 2.61. The minimum Gasteiger partial charge on any atom is -0.391 e. The number of carbonyl (C=O) groups is 1. The van der Waals surface area contributed by atoms with Crippen LogP contribution < -0.4 is 0 Å². The number of nitriles is 1. The second-order valence-corrected chi connectivity index (χ2v) is 6.18. The first-order valence-electron chi connectivity index (χ1n) is 6.96. The lowest BCUT2D eigenvalue weighted by atomic mass is 9.90. The fourth-order valence-electron chi connectivity index (χ4n) is 2.61. The van der Waals surface area contributed by atoms with E-state index in [4.69, 9.17) is 5.26 Å². The molecule has 1 saturated heterocycles. The summed E-state index contributed by atoms with van der Waals surface area (Å²) in [6.07, 6.45) is -0.0488. The Morgan fingerprint density at radius 1 is 1.48 bits per heavy atom. The van der Waals surface area contributed by atoms with Crippen LogP contribution in [0.5, 0.6) is 0 Å². The van der Waals surface area contributed by atoms with E-state index in [0.29, 0.717) is 6.42 Å². The molecule has 1 aromatic rings. The first-order chi connectivity index (χ1) is 9.82. The molecule has 1 fully saturated rings. The number of nitrogens with zero attached hydrogens (tertiary/aromatic N) is 2. The lowest BCUT2D eigenvalue weighted by Gasteiger charge is -2.27.